The van der Waals surface area contributed by atoms with Crippen molar-refractivity contribution in [3.63, 3.8) is 0 Å². The van der Waals surface area contributed by atoms with Crippen LogP contribution in [0.15, 0.2) is 23.1 Å². The molecular formula is C16H25NO3S. The lowest BCUT2D eigenvalue weighted by molar-refractivity contribution is 0.131. The van der Waals surface area contributed by atoms with Crippen LogP contribution in [0, 0.1) is 13.8 Å². The fraction of sp³-hybridized carbons (Fsp3) is 0.625. The first-order valence-electron chi connectivity index (χ1n) is 7.59. The summed E-state index contributed by atoms with van der Waals surface area (Å²) in [6, 6.07) is 5.20. The predicted molar refractivity (Wildman–Crippen MR) is 83.7 cm³/mol. The molecule has 1 N–H and O–H groups in total. The zero-order valence-corrected chi connectivity index (χ0v) is 13.9. The monoisotopic (exact) mass is 311 g/mol. The number of hydrogen-bond acceptors (Lipinski definition) is 3. The standard InChI is InChI=1S/C16H25NO3S/c1-12-7-8-16(10-13(12)2)21(19,20)17-9-5-4-6-15(17)11-14(3)18/h7-8,10,14-15,18H,4-6,9,11H2,1-3H3. The summed E-state index contributed by atoms with van der Waals surface area (Å²) < 4.78 is 27.4. The largest absolute Gasteiger partial charge is 0.393 e. The maximum atomic E-state index is 12.9. The number of hydrogen-bond donors (Lipinski definition) is 1. The summed E-state index contributed by atoms with van der Waals surface area (Å²) in [6.45, 7) is 6.17. The lowest BCUT2D eigenvalue weighted by Crippen LogP contribution is -2.44. The quantitative estimate of drug-likeness (QED) is 0.930. The highest BCUT2D eigenvalue weighted by molar-refractivity contribution is 7.89. The molecule has 1 aliphatic heterocycles. The summed E-state index contributed by atoms with van der Waals surface area (Å²) in [7, 11) is -3.47. The first-order chi connectivity index (χ1) is 9.82. The van der Waals surface area contributed by atoms with Gasteiger partial charge in [-0.1, -0.05) is 12.5 Å². The van der Waals surface area contributed by atoms with Gasteiger partial charge in [-0.25, -0.2) is 8.42 Å². The normalized spacial score (nSPS) is 22.2. The molecule has 1 aromatic carbocycles. The molecular weight excluding hydrogens is 286 g/mol. The fourth-order valence-electron chi connectivity index (χ4n) is 2.93. The Morgan fingerprint density at radius 3 is 2.62 bits per heavy atom. The molecule has 0 aromatic heterocycles. The van der Waals surface area contributed by atoms with Crippen LogP contribution in [-0.4, -0.2) is 36.5 Å². The maximum Gasteiger partial charge on any atom is 0.243 e. The van der Waals surface area contributed by atoms with Crippen LogP contribution in [0.2, 0.25) is 0 Å². The van der Waals surface area contributed by atoms with E-state index in [1.807, 2.05) is 19.9 Å². The van der Waals surface area contributed by atoms with Crippen molar-refractivity contribution in [2.45, 2.75) is 63.5 Å². The number of rotatable bonds is 4. The molecule has 21 heavy (non-hydrogen) atoms. The van der Waals surface area contributed by atoms with E-state index in [1.165, 1.54) is 0 Å². The van der Waals surface area contributed by atoms with Gasteiger partial charge in [0, 0.05) is 12.6 Å². The number of aryl methyl sites for hydroxylation is 2. The molecule has 0 saturated carbocycles. The third kappa shape index (κ3) is 3.65. The topological polar surface area (TPSA) is 57.6 Å². The van der Waals surface area contributed by atoms with Gasteiger partial charge in [0.25, 0.3) is 0 Å². The van der Waals surface area contributed by atoms with Gasteiger partial charge >= 0.3 is 0 Å². The summed E-state index contributed by atoms with van der Waals surface area (Å²) in [5, 5.41) is 9.62. The number of sulfonamides is 1. The highest BCUT2D eigenvalue weighted by atomic mass is 32.2. The van der Waals surface area contributed by atoms with Crippen LogP contribution in [-0.2, 0) is 10.0 Å². The average molecular weight is 311 g/mol. The Kier molecular flexibility index (Phi) is 5.07. The Labute approximate surface area is 127 Å². The van der Waals surface area contributed by atoms with Crippen LogP contribution in [0.1, 0.15) is 43.7 Å². The number of piperidine rings is 1. The van der Waals surface area contributed by atoms with Crippen molar-refractivity contribution in [2.24, 2.45) is 0 Å². The number of benzene rings is 1. The van der Waals surface area contributed by atoms with E-state index in [9.17, 15) is 13.5 Å². The van der Waals surface area contributed by atoms with Gasteiger partial charge in [0.05, 0.1) is 11.0 Å². The van der Waals surface area contributed by atoms with Crippen molar-refractivity contribution in [3.05, 3.63) is 29.3 Å². The Balaban J connectivity index is 2.33. The smallest absolute Gasteiger partial charge is 0.243 e. The van der Waals surface area contributed by atoms with Crippen molar-refractivity contribution < 1.29 is 13.5 Å². The van der Waals surface area contributed by atoms with Gasteiger partial charge in [-0.05, 0) is 63.3 Å². The molecule has 0 bridgehead atoms. The van der Waals surface area contributed by atoms with Crippen molar-refractivity contribution >= 4 is 10.0 Å². The first kappa shape index (κ1) is 16.5. The second-order valence-electron chi connectivity index (χ2n) is 6.10. The van der Waals surface area contributed by atoms with Crippen LogP contribution in [0.5, 0.6) is 0 Å². The van der Waals surface area contributed by atoms with Crippen LogP contribution in [0.3, 0.4) is 0 Å². The van der Waals surface area contributed by atoms with E-state index in [4.69, 9.17) is 0 Å². The van der Waals surface area contributed by atoms with Gasteiger partial charge in [-0.15, -0.1) is 0 Å². The molecule has 1 saturated heterocycles. The van der Waals surface area contributed by atoms with Crippen LogP contribution in [0.4, 0.5) is 0 Å². The maximum absolute atomic E-state index is 12.9. The molecule has 2 atom stereocenters. The molecule has 2 unspecified atom stereocenters. The lowest BCUT2D eigenvalue weighted by Gasteiger charge is -2.35. The Morgan fingerprint density at radius 2 is 2.00 bits per heavy atom. The lowest BCUT2D eigenvalue weighted by atomic mass is 10.00. The van der Waals surface area contributed by atoms with E-state index in [1.54, 1.807) is 23.4 Å². The Morgan fingerprint density at radius 1 is 1.29 bits per heavy atom. The molecule has 1 heterocycles. The number of aliphatic hydroxyl groups is 1. The molecule has 0 radical (unpaired) electrons. The van der Waals surface area contributed by atoms with E-state index in [-0.39, 0.29) is 6.04 Å². The van der Waals surface area contributed by atoms with Gasteiger partial charge in [0.1, 0.15) is 0 Å². The van der Waals surface area contributed by atoms with Crippen LogP contribution in [0.25, 0.3) is 0 Å². The summed E-state index contributed by atoms with van der Waals surface area (Å²) >= 11 is 0. The van der Waals surface area contributed by atoms with Crippen molar-refractivity contribution in [1.82, 2.24) is 4.31 Å². The van der Waals surface area contributed by atoms with Crippen LogP contribution < -0.4 is 0 Å². The molecule has 1 aromatic rings. The minimum Gasteiger partial charge on any atom is -0.393 e. The fourth-order valence-corrected chi connectivity index (χ4v) is 4.72. The van der Waals surface area contributed by atoms with Crippen molar-refractivity contribution in [2.75, 3.05) is 6.54 Å². The van der Waals surface area contributed by atoms with E-state index < -0.39 is 16.1 Å². The van der Waals surface area contributed by atoms with Crippen LogP contribution >= 0.6 is 0 Å². The molecule has 4 nitrogen and oxygen atoms in total. The molecule has 0 aliphatic carbocycles. The molecule has 2 rings (SSSR count). The Bertz CT molecular complexity index is 596. The Hall–Kier alpha value is -0.910. The minimum atomic E-state index is -3.47. The molecule has 1 aliphatic rings. The zero-order valence-electron chi connectivity index (χ0n) is 13.0. The second kappa shape index (κ2) is 6.46. The van der Waals surface area contributed by atoms with Gasteiger partial charge in [-0.2, -0.15) is 4.31 Å². The highest BCUT2D eigenvalue weighted by Crippen LogP contribution is 2.28. The molecule has 1 fully saturated rings. The van der Waals surface area contributed by atoms with Gasteiger partial charge < -0.3 is 5.11 Å². The molecule has 5 heteroatoms. The van der Waals surface area contributed by atoms with Gasteiger partial charge in [0.2, 0.25) is 10.0 Å². The second-order valence-corrected chi connectivity index (χ2v) is 7.99. The van der Waals surface area contributed by atoms with Gasteiger partial charge in [0.15, 0.2) is 0 Å². The van der Waals surface area contributed by atoms with Crippen molar-refractivity contribution in [1.29, 1.82) is 0 Å². The third-order valence-electron chi connectivity index (χ3n) is 4.27. The van der Waals surface area contributed by atoms with E-state index in [2.05, 4.69) is 0 Å². The van der Waals surface area contributed by atoms with Gasteiger partial charge in [-0.3, -0.25) is 0 Å². The predicted octanol–water partition coefficient (Wildman–Crippen LogP) is 2.62. The van der Waals surface area contributed by atoms with E-state index >= 15 is 0 Å². The highest BCUT2D eigenvalue weighted by Gasteiger charge is 2.34. The molecule has 118 valence electrons. The number of aliphatic hydroxyl groups excluding tert-OH is 1. The van der Waals surface area contributed by atoms with E-state index in [0.717, 1.165) is 30.4 Å². The first-order valence-corrected chi connectivity index (χ1v) is 9.03. The zero-order chi connectivity index (χ0) is 15.6. The molecule has 0 amide bonds. The summed E-state index contributed by atoms with van der Waals surface area (Å²) in [6.07, 6.45) is 2.76. The number of nitrogens with zero attached hydrogens (tertiary/aromatic N) is 1. The summed E-state index contributed by atoms with van der Waals surface area (Å²) in [4.78, 5) is 0.364. The minimum absolute atomic E-state index is 0.0923. The van der Waals surface area contributed by atoms with E-state index in [0.29, 0.717) is 17.9 Å². The SMILES string of the molecule is Cc1ccc(S(=O)(=O)N2CCCCC2CC(C)O)cc1C. The van der Waals surface area contributed by atoms with Crippen molar-refractivity contribution in [3.8, 4) is 0 Å². The molecule has 0 spiro atoms. The summed E-state index contributed by atoms with van der Waals surface area (Å²) in [5.74, 6) is 0. The summed E-state index contributed by atoms with van der Waals surface area (Å²) in [5.41, 5.74) is 2.08. The average Bonchev–Trinajstić information content (AvgIpc) is 2.41. The third-order valence-corrected chi connectivity index (χ3v) is 6.22.